The largest absolute Gasteiger partial charge is 0.493 e. The summed E-state index contributed by atoms with van der Waals surface area (Å²) in [5.41, 5.74) is 0. The Morgan fingerprint density at radius 3 is 2.52 bits per heavy atom. The molecule has 2 aliphatic heterocycles. The summed E-state index contributed by atoms with van der Waals surface area (Å²) in [6.45, 7) is 0.196. The molecular weight excluding hydrogens is 350 g/mol. The number of nitrogens with one attached hydrogen (secondary N) is 1. The maximum Gasteiger partial charge on any atom is 0.244 e. The quantitative estimate of drug-likeness (QED) is 0.733. The number of ether oxygens (including phenoxy) is 2. The van der Waals surface area contributed by atoms with E-state index in [0.29, 0.717) is 11.5 Å². The minimum absolute atomic E-state index is 0.0427. The lowest BCUT2D eigenvalue weighted by Gasteiger charge is -2.42. The van der Waals surface area contributed by atoms with Crippen molar-refractivity contribution in [1.82, 2.24) is 14.5 Å². The number of benzene rings is 1. The van der Waals surface area contributed by atoms with Crippen LogP contribution < -0.4 is 14.8 Å². The smallest absolute Gasteiger partial charge is 0.244 e. The zero-order valence-corrected chi connectivity index (χ0v) is 14.7. The zero-order chi connectivity index (χ0) is 18.2. The minimum atomic E-state index is -3.83. The average molecular weight is 369 g/mol. The highest BCUT2D eigenvalue weighted by Gasteiger charge is 2.42. The van der Waals surface area contributed by atoms with Gasteiger partial charge in [0, 0.05) is 25.7 Å². The third-order valence-electron chi connectivity index (χ3n) is 4.37. The van der Waals surface area contributed by atoms with E-state index >= 15 is 0 Å². The molecule has 2 fully saturated rings. The van der Waals surface area contributed by atoms with E-state index in [2.05, 4.69) is 5.32 Å². The van der Waals surface area contributed by atoms with E-state index in [1.54, 1.807) is 0 Å². The second-order valence-corrected chi connectivity index (χ2v) is 7.64. The first-order chi connectivity index (χ1) is 11.9. The molecule has 0 bridgehead atoms. The molecule has 0 spiro atoms. The van der Waals surface area contributed by atoms with Crippen molar-refractivity contribution in [3.8, 4) is 11.5 Å². The summed E-state index contributed by atoms with van der Waals surface area (Å²) in [6, 6.07) is 3.52. The van der Waals surface area contributed by atoms with Crippen molar-refractivity contribution >= 4 is 21.8 Å². The van der Waals surface area contributed by atoms with Crippen LogP contribution in [0.25, 0.3) is 0 Å². The Balaban J connectivity index is 1.88. The Labute approximate surface area is 145 Å². The van der Waals surface area contributed by atoms with Crippen molar-refractivity contribution in [2.75, 3.05) is 40.4 Å². The van der Waals surface area contributed by atoms with E-state index in [-0.39, 0.29) is 42.9 Å². The van der Waals surface area contributed by atoms with Crippen molar-refractivity contribution in [3.63, 3.8) is 0 Å². The van der Waals surface area contributed by atoms with Gasteiger partial charge in [-0.15, -0.1) is 0 Å². The highest BCUT2D eigenvalue weighted by molar-refractivity contribution is 7.89. The molecular formula is C15H19N3O6S. The van der Waals surface area contributed by atoms with Gasteiger partial charge in [0.1, 0.15) is 6.04 Å². The fraction of sp³-hybridized carbons (Fsp3) is 0.467. The molecule has 136 valence electrons. The molecule has 9 nitrogen and oxygen atoms in total. The number of methoxy groups -OCH3 is 2. The summed E-state index contributed by atoms with van der Waals surface area (Å²) < 4.78 is 37.3. The van der Waals surface area contributed by atoms with Gasteiger partial charge >= 0.3 is 0 Å². The van der Waals surface area contributed by atoms with Crippen LogP contribution in [0.4, 0.5) is 0 Å². The molecule has 0 aliphatic carbocycles. The molecule has 0 radical (unpaired) electrons. The number of hydrogen-bond acceptors (Lipinski definition) is 6. The summed E-state index contributed by atoms with van der Waals surface area (Å²) in [5.74, 6) is 0.177. The molecule has 2 heterocycles. The van der Waals surface area contributed by atoms with Crippen LogP contribution in [0, 0.1) is 0 Å². The Kier molecular flexibility index (Phi) is 4.56. The van der Waals surface area contributed by atoms with Gasteiger partial charge in [-0.2, -0.15) is 4.31 Å². The molecule has 1 aromatic rings. The van der Waals surface area contributed by atoms with Gasteiger partial charge in [-0.1, -0.05) is 0 Å². The number of carbonyl (C=O) groups is 2. The standard InChI is InChI=1S/C15H19N3O6S/c1-23-12-4-3-10(7-13(12)24-2)25(21,22)17-5-6-18-11(9-17)15(20)16-8-14(18)19/h3-4,7,11H,5-6,8-9H2,1-2H3,(H,16,20)/t11-/m0/s1. The van der Waals surface area contributed by atoms with Crippen molar-refractivity contribution in [3.05, 3.63) is 18.2 Å². The number of fused-ring (bicyclic) bond motifs is 1. The molecule has 0 saturated carbocycles. The molecule has 1 atom stereocenters. The van der Waals surface area contributed by atoms with Gasteiger partial charge in [0.05, 0.1) is 25.7 Å². The van der Waals surface area contributed by atoms with Gasteiger partial charge in [-0.3, -0.25) is 9.59 Å². The molecule has 1 aromatic carbocycles. The SMILES string of the molecule is COc1ccc(S(=O)(=O)N2CCN3C(=O)CNC(=O)[C@@H]3C2)cc1OC. The number of rotatable bonds is 4. The molecule has 10 heteroatoms. The highest BCUT2D eigenvalue weighted by Crippen LogP contribution is 2.31. The third kappa shape index (κ3) is 3.02. The predicted octanol–water partition coefficient (Wildman–Crippen LogP) is -0.965. The van der Waals surface area contributed by atoms with E-state index in [1.807, 2.05) is 0 Å². The van der Waals surface area contributed by atoms with Crippen LogP contribution >= 0.6 is 0 Å². The van der Waals surface area contributed by atoms with Crippen molar-refractivity contribution in [2.45, 2.75) is 10.9 Å². The van der Waals surface area contributed by atoms with E-state index in [9.17, 15) is 18.0 Å². The lowest BCUT2D eigenvalue weighted by atomic mass is 10.1. The fourth-order valence-corrected chi connectivity index (χ4v) is 4.46. The number of amides is 2. The van der Waals surface area contributed by atoms with Crippen LogP contribution in [0.5, 0.6) is 11.5 Å². The van der Waals surface area contributed by atoms with E-state index in [4.69, 9.17) is 9.47 Å². The summed E-state index contributed by atoms with van der Waals surface area (Å²) in [5, 5.41) is 2.49. The first kappa shape index (κ1) is 17.5. The van der Waals surface area contributed by atoms with Crippen LogP contribution in [0.1, 0.15) is 0 Å². The van der Waals surface area contributed by atoms with Crippen LogP contribution in [0.15, 0.2) is 23.1 Å². The molecule has 2 saturated heterocycles. The second kappa shape index (κ2) is 6.52. The van der Waals surface area contributed by atoms with Crippen LogP contribution in [-0.2, 0) is 19.6 Å². The lowest BCUT2D eigenvalue weighted by molar-refractivity contribution is -0.147. The van der Waals surface area contributed by atoms with Crippen molar-refractivity contribution in [1.29, 1.82) is 0 Å². The Bertz CT molecular complexity index is 809. The molecule has 25 heavy (non-hydrogen) atoms. The van der Waals surface area contributed by atoms with Gasteiger partial charge in [-0.05, 0) is 12.1 Å². The highest BCUT2D eigenvalue weighted by atomic mass is 32.2. The maximum absolute atomic E-state index is 12.9. The minimum Gasteiger partial charge on any atom is -0.493 e. The topological polar surface area (TPSA) is 105 Å². The molecule has 2 aliphatic rings. The van der Waals surface area contributed by atoms with E-state index in [1.165, 1.54) is 41.6 Å². The summed E-state index contributed by atoms with van der Waals surface area (Å²) in [6.07, 6.45) is 0. The first-order valence-corrected chi connectivity index (χ1v) is 9.12. The predicted molar refractivity (Wildman–Crippen MR) is 86.8 cm³/mol. The molecule has 3 rings (SSSR count). The fourth-order valence-electron chi connectivity index (χ4n) is 3.01. The monoisotopic (exact) mass is 369 g/mol. The Morgan fingerprint density at radius 1 is 1.12 bits per heavy atom. The van der Waals surface area contributed by atoms with Gasteiger partial charge < -0.3 is 19.7 Å². The van der Waals surface area contributed by atoms with Gasteiger partial charge in [0.15, 0.2) is 11.5 Å². The lowest BCUT2D eigenvalue weighted by Crippen LogP contribution is -2.66. The van der Waals surface area contributed by atoms with Crippen LogP contribution in [-0.4, -0.2) is 75.9 Å². The molecule has 2 amide bonds. The average Bonchev–Trinajstić information content (AvgIpc) is 2.63. The summed E-state index contributed by atoms with van der Waals surface area (Å²) >= 11 is 0. The number of piperazine rings is 2. The number of sulfonamides is 1. The normalized spacial score (nSPS) is 21.5. The van der Waals surface area contributed by atoms with Crippen molar-refractivity contribution in [2.24, 2.45) is 0 Å². The maximum atomic E-state index is 12.9. The van der Waals surface area contributed by atoms with Crippen LogP contribution in [0.3, 0.4) is 0 Å². The summed E-state index contributed by atoms with van der Waals surface area (Å²) in [4.78, 5) is 25.3. The first-order valence-electron chi connectivity index (χ1n) is 7.68. The van der Waals surface area contributed by atoms with Crippen molar-refractivity contribution < 1.29 is 27.5 Å². The van der Waals surface area contributed by atoms with Gasteiger partial charge in [0.25, 0.3) is 0 Å². The van der Waals surface area contributed by atoms with E-state index < -0.39 is 16.1 Å². The molecule has 1 N–H and O–H groups in total. The third-order valence-corrected chi connectivity index (χ3v) is 6.23. The Morgan fingerprint density at radius 2 is 1.84 bits per heavy atom. The summed E-state index contributed by atoms with van der Waals surface area (Å²) in [7, 11) is -0.947. The Hall–Kier alpha value is -2.33. The number of carbonyl (C=O) groups excluding carboxylic acids is 2. The molecule has 0 aromatic heterocycles. The van der Waals surface area contributed by atoms with Crippen LogP contribution in [0.2, 0.25) is 0 Å². The number of hydrogen-bond donors (Lipinski definition) is 1. The second-order valence-electron chi connectivity index (χ2n) is 5.70. The van der Waals surface area contributed by atoms with E-state index in [0.717, 1.165) is 0 Å². The number of nitrogens with zero attached hydrogens (tertiary/aromatic N) is 2. The van der Waals surface area contributed by atoms with Gasteiger partial charge in [-0.25, -0.2) is 8.42 Å². The zero-order valence-electron chi connectivity index (χ0n) is 13.9. The van der Waals surface area contributed by atoms with Gasteiger partial charge in [0.2, 0.25) is 21.8 Å². The molecule has 0 unspecified atom stereocenters.